The first-order valence-electron chi connectivity index (χ1n) is 7.56. The van der Waals surface area contributed by atoms with Gasteiger partial charge in [0.15, 0.2) is 0 Å². The van der Waals surface area contributed by atoms with Crippen LogP contribution < -0.4 is 5.48 Å². The molecule has 0 aliphatic heterocycles. The van der Waals surface area contributed by atoms with Crippen molar-refractivity contribution in [2.45, 2.75) is 4.90 Å². The number of nitrogens with one attached hydrogen (secondary N) is 1. The third-order valence-corrected chi connectivity index (χ3v) is 5.31. The highest BCUT2D eigenvalue weighted by Crippen LogP contribution is 2.23. The maximum Gasteiger partial charge on any atom is 0.268 e. The van der Waals surface area contributed by atoms with Gasteiger partial charge in [0.25, 0.3) is 15.9 Å². The molecule has 0 aliphatic rings. The molecule has 0 atom stereocenters. The van der Waals surface area contributed by atoms with Crippen molar-refractivity contribution in [3.05, 3.63) is 78.5 Å². The van der Waals surface area contributed by atoms with Crippen LogP contribution >= 0.6 is 0 Å². The topological polar surface area (TPSA) is 88.4 Å². The van der Waals surface area contributed by atoms with Crippen molar-refractivity contribution in [2.75, 3.05) is 0 Å². The van der Waals surface area contributed by atoms with Crippen LogP contribution in [0.5, 0.6) is 0 Å². The summed E-state index contributed by atoms with van der Waals surface area (Å²) in [5.41, 5.74) is 2.56. The predicted molar refractivity (Wildman–Crippen MR) is 96.9 cm³/mol. The Kier molecular flexibility index (Phi) is 4.89. The Morgan fingerprint density at radius 2 is 1.88 bits per heavy atom. The zero-order chi connectivity index (χ0) is 18.6. The lowest BCUT2D eigenvalue weighted by Gasteiger charge is -2.07. The lowest BCUT2D eigenvalue weighted by molar-refractivity contribution is -0.124. The van der Waals surface area contributed by atoms with E-state index in [1.54, 1.807) is 54.6 Å². The molecule has 2 aromatic carbocycles. The molecule has 0 radical (unpaired) electrons. The normalized spacial score (nSPS) is 11.3. The average molecular weight is 366 g/mol. The first-order chi connectivity index (χ1) is 12.5. The largest absolute Gasteiger partial charge is 0.288 e. The molecule has 7 heteroatoms. The second kappa shape index (κ2) is 7.27. The predicted octanol–water partition coefficient (Wildman–Crippen LogP) is 2.29. The molecule has 1 heterocycles. The zero-order valence-electron chi connectivity index (χ0n) is 13.5. The molecule has 0 aliphatic carbocycles. The van der Waals surface area contributed by atoms with Gasteiger partial charge in [-0.1, -0.05) is 36.1 Å². The number of amides is 1. The Bertz CT molecular complexity index is 1150. The van der Waals surface area contributed by atoms with Gasteiger partial charge in [0.1, 0.15) is 0 Å². The summed E-state index contributed by atoms with van der Waals surface area (Å²) < 4.78 is 26.9. The molecule has 0 fully saturated rings. The molecule has 6 nitrogen and oxygen atoms in total. The van der Waals surface area contributed by atoms with E-state index in [1.807, 2.05) is 0 Å². The number of hydrogen-bond donors (Lipinski definition) is 2. The number of nitrogens with zero attached hydrogens (tertiary/aromatic N) is 1. The van der Waals surface area contributed by atoms with Crippen molar-refractivity contribution in [2.24, 2.45) is 0 Å². The lowest BCUT2D eigenvalue weighted by atomic mass is 10.2. The molecule has 3 aromatic rings. The maximum absolute atomic E-state index is 12.8. The number of allylic oxidation sites excluding steroid dienone is 1. The summed E-state index contributed by atoms with van der Waals surface area (Å²) >= 11 is 0. The highest BCUT2D eigenvalue weighted by molar-refractivity contribution is 7.90. The third kappa shape index (κ3) is 3.52. The Balaban J connectivity index is 2.01. The van der Waals surface area contributed by atoms with Crippen LogP contribution in [0.3, 0.4) is 0 Å². The van der Waals surface area contributed by atoms with Crippen LogP contribution in [0.25, 0.3) is 10.9 Å². The van der Waals surface area contributed by atoms with E-state index in [-0.39, 0.29) is 4.90 Å². The SMILES string of the molecule is O=C(/C=C/C#Cc1ccc2ccn(S(=O)(=O)c3ccccc3)c2c1)NO. The Morgan fingerprint density at radius 3 is 2.62 bits per heavy atom. The molecule has 0 saturated heterocycles. The van der Waals surface area contributed by atoms with Gasteiger partial charge in [0.05, 0.1) is 10.4 Å². The fourth-order valence-corrected chi connectivity index (χ4v) is 3.74. The second-order valence-electron chi connectivity index (χ2n) is 5.28. The number of carbonyl (C=O) groups is 1. The fraction of sp³-hybridized carbons (Fsp3) is 0. The van der Waals surface area contributed by atoms with Crippen molar-refractivity contribution >= 4 is 26.8 Å². The van der Waals surface area contributed by atoms with E-state index in [0.717, 1.165) is 11.5 Å². The first kappa shape index (κ1) is 17.5. The van der Waals surface area contributed by atoms with Crippen LogP contribution in [-0.4, -0.2) is 23.5 Å². The Hall–Kier alpha value is -3.34. The minimum Gasteiger partial charge on any atom is -0.288 e. The van der Waals surface area contributed by atoms with Gasteiger partial charge in [-0.25, -0.2) is 17.9 Å². The lowest BCUT2D eigenvalue weighted by Crippen LogP contribution is -2.14. The van der Waals surface area contributed by atoms with Gasteiger partial charge in [-0.15, -0.1) is 0 Å². The summed E-state index contributed by atoms with van der Waals surface area (Å²) in [4.78, 5) is 11.1. The van der Waals surface area contributed by atoms with E-state index < -0.39 is 15.9 Å². The first-order valence-corrected chi connectivity index (χ1v) is 9.00. The molecule has 26 heavy (non-hydrogen) atoms. The summed E-state index contributed by atoms with van der Waals surface area (Å²) in [6, 6.07) is 15.1. The van der Waals surface area contributed by atoms with E-state index in [1.165, 1.54) is 21.7 Å². The van der Waals surface area contributed by atoms with E-state index >= 15 is 0 Å². The van der Waals surface area contributed by atoms with E-state index in [4.69, 9.17) is 5.21 Å². The summed E-state index contributed by atoms with van der Waals surface area (Å²) in [7, 11) is -3.71. The number of aromatic nitrogens is 1. The fourth-order valence-electron chi connectivity index (χ4n) is 2.38. The summed E-state index contributed by atoms with van der Waals surface area (Å²) in [6.45, 7) is 0. The molecule has 0 saturated carbocycles. The highest BCUT2D eigenvalue weighted by Gasteiger charge is 2.18. The third-order valence-electron chi connectivity index (χ3n) is 3.60. The van der Waals surface area contributed by atoms with Crippen molar-refractivity contribution in [3.63, 3.8) is 0 Å². The van der Waals surface area contributed by atoms with Crippen LogP contribution in [0.2, 0.25) is 0 Å². The zero-order valence-corrected chi connectivity index (χ0v) is 14.3. The van der Waals surface area contributed by atoms with Crippen molar-refractivity contribution in [1.29, 1.82) is 0 Å². The molecule has 0 spiro atoms. The smallest absolute Gasteiger partial charge is 0.268 e. The molecule has 3 rings (SSSR count). The van der Waals surface area contributed by atoms with Crippen molar-refractivity contribution < 1.29 is 18.4 Å². The Morgan fingerprint density at radius 1 is 1.12 bits per heavy atom. The number of carbonyl (C=O) groups excluding carboxylic acids is 1. The number of rotatable bonds is 3. The van der Waals surface area contributed by atoms with E-state index in [9.17, 15) is 13.2 Å². The molecule has 2 N–H and O–H groups in total. The number of benzene rings is 2. The maximum atomic E-state index is 12.8. The van der Waals surface area contributed by atoms with Crippen LogP contribution in [0, 0.1) is 11.8 Å². The number of fused-ring (bicyclic) bond motifs is 1. The van der Waals surface area contributed by atoms with Gasteiger partial charge >= 0.3 is 0 Å². The minimum absolute atomic E-state index is 0.201. The second-order valence-corrected chi connectivity index (χ2v) is 7.10. The van der Waals surface area contributed by atoms with Gasteiger partial charge in [-0.2, -0.15) is 0 Å². The monoisotopic (exact) mass is 366 g/mol. The quantitative estimate of drug-likeness (QED) is 0.322. The van der Waals surface area contributed by atoms with E-state index in [2.05, 4.69) is 11.8 Å². The van der Waals surface area contributed by atoms with Crippen LogP contribution in [0.15, 0.2) is 77.8 Å². The van der Waals surface area contributed by atoms with Gasteiger partial charge in [-0.3, -0.25) is 10.0 Å². The summed E-state index contributed by atoms with van der Waals surface area (Å²) in [5.74, 6) is 4.79. The highest BCUT2D eigenvalue weighted by atomic mass is 32.2. The summed E-state index contributed by atoms with van der Waals surface area (Å²) in [5, 5.41) is 9.16. The van der Waals surface area contributed by atoms with Crippen LogP contribution in [-0.2, 0) is 14.8 Å². The van der Waals surface area contributed by atoms with Crippen molar-refractivity contribution in [3.8, 4) is 11.8 Å². The molecular weight excluding hydrogens is 352 g/mol. The van der Waals surface area contributed by atoms with Gasteiger partial charge in [0.2, 0.25) is 0 Å². The Labute approximate surface area is 150 Å². The van der Waals surface area contributed by atoms with E-state index in [0.29, 0.717) is 11.1 Å². The number of hydroxylamine groups is 1. The number of hydrogen-bond acceptors (Lipinski definition) is 4. The van der Waals surface area contributed by atoms with Crippen LogP contribution in [0.4, 0.5) is 0 Å². The van der Waals surface area contributed by atoms with Crippen LogP contribution in [0.1, 0.15) is 5.56 Å². The summed E-state index contributed by atoms with van der Waals surface area (Å²) in [6.07, 6.45) is 3.87. The average Bonchev–Trinajstić information content (AvgIpc) is 3.09. The molecule has 130 valence electrons. The molecular formula is C19H14N2O4S. The van der Waals surface area contributed by atoms with Gasteiger partial charge < -0.3 is 0 Å². The minimum atomic E-state index is -3.71. The standard InChI is InChI=1S/C19H14N2O4S/c22-19(20-23)9-5-4-6-15-10-11-16-12-13-21(18(16)14-15)26(24,25)17-7-2-1-3-8-17/h1-3,5,7-14,23H,(H,20,22)/b9-5+. The van der Waals surface area contributed by atoms with Gasteiger partial charge in [0, 0.05) is 23.2 Å². The molecule has 0 unspecified atom stereocenters. The van der Waals surface area contributed by atoms with Crippen molar-refractivity contribution in [1.82, 2.24) is 9.45 Å². The van der Waals surface area contributed by atoms with Gasteiger partial charge in [-0.05, 0) is 36.4 Å². The molecule has 1 aromatic heterocycles. The molecule has 0 bridgehead atoms. The molecule has 1 amide bonds.